The summed E-state index contributed by atoms with van der Waals surface area (Å²) in [6.07, 6.45) is 15.1. The molecule has 4 nitrogen and oxygen atoms in total. The quantitative estimate of drug-likeness (QED) is 0.354. The smallest absolute Gasteiger partial charge is 0.307 e. The van der Waals surface area contributed by atoms with Crippen LogP contribution in [0.2, 0.25) is 0 Å². The average Bonchev–Trinajstić information content (AvgIpc) is 2.34. The first-order valence-corrected chi connectivity index (χ1v) is 8.56. The summed E-state index contributed by atoms with van der Waals surface area (Å²) in [7, 11) is -4.41. The first-order valence-electron chi connectivity index (χ1n) is 7.20. The van der Waals surface area contributed by atoms with E-state index in [-0.39, 0.29) is 0 Å². The third-order valence-corrected chi connectivity index (χ3v) is 3.17. The molecule has 0 amide bonds. The molecule has 0 radical (unpaired) electrons. The Morgan fingerprint density at radius 3 is 1.84 bits per heavy atom. The largest absolute Gasteiger partial charge is 0.454 e. The van der Waals surface area contributed by atoms with Crippen molar-refractivity contribution in [1.29, 1.82) is 0 Å². The molecule has 0 heterocycles. The molecule has 0 aliphatic carbocycles. The Labute approximate surface area is 117 Å². The highest BCUT2D eigenvalue weighted by atomic mass is 32.3. The summed E-state index contributed by atoms with van der Waals surface area (Å²) in [5.41, 5.74) is 0. The molecule has 1 N–H and O–H groups in total. The molecule has 0 saturated carbocycles. The molecule has 0 spiro atoms. The van der Waals surface area contributed by atoms with Crippen molar-refractivity contribution in [3.63, 3.8) is 0 Å². The fourth-order valence-corrected chi connectivity index (χ4v) is 2.00. The van der Waals surface area contributed by atoms with Gasteiger partial charge in [-0.1, -0.05) is 70.6 Å². The van der Waals surface area contributed by atoms with Crippen molar-refractivity contribution in [3.05, 3.63) is 0 Å². The predicted octanol–water partition coefficient (Wildman–Crippen LogP) is 4.08. The maximum Gasteiger partial charge on any atom is 0.454 e. The van der Waals surface area contributed by atoms with Crippen molar-refractivity contribution in [2.45, 2.75) is 77.6 Å². The first-order chi connectivity index (χ1) is 9.06. The number of hydrogen-bond donors (Lipinski definition) is 1. The van der Waals surface area contributed by atoms with E-state index in [1.807, 2.05) is 6.11 Å². The zero-order valence-corrected chi connectivity index (χ0v) is 12.7. The monoisotopic (exact) mass is 290 g/mol. The van der Waals surface area contributed by atoms with Gasteiger partial charge in [-0.25, -0.2) is 0 Å². The van der Waals surface area contributed by atoms with E-state index in [1.165, 1.54) is 51.4 Å². The summed E-state index contributed by atoms with van der Waals surface area (Å²) in [5, 5.41) is 0. The summed E-state index contributed by atoms with van der Waals surface area (Å²) in [4.78, 5) is 0. The van der Waals surface area contributed by atoms with Gasteiger partial charge in [0.25, 0.3) is 0 Å². The van der Waals surface area contributed by atoms with E-state index in [0.29, 0.717) is 6.42 Å². The van der Waals surface area contributed by atoms with Gasteiger partial charge in [0.1, 0.15) is 6.11 Å². The average molecular weight is 290 g/mol. The highest BCUT2D eigenvalue weighted by Gasteiger charge is 1.99. The van der Waals surface area contributed by atoms with Crippen LogP contribution >= 0.6 is 0 Å². The molecule has 0 aromatic heterocycles. The van der Waals surface area contributed by atoms with Crippen molar-refractivity contribution >= 4 is 10.4 Å². The molecule has 0 bridgehead atoms. The molecule has 0 aromatic carbocycles. The normalized spacial score (nSPS) is 10.8. The molecule has 0 atom stereocenters. The molecule has 112 valence electrons. The van der Waals surface area contributed by atoms with Crippen LogP contribution in [-0.2, 0) is 14.6 Å². The van der Waals surface area contributed by atoms with Crippen LogP contribution in [0.3, 0.4) is 0 Å². The van der Waals surface area contributed by atoms with Crippen LogP contribution in [0.1, 0.15) is 77.6 Å². The van der Waals surface area contributed by atoms with Gasteiger partial charge in [-0.3, -0.25) is 4.55 Å². The van der Waals surface area contributed by atoms with Crippen LogP contribution in [0.5, 0.6) is 0 Å². The van der Waals surface area contributed by atoms with E-state index >= 15 is 0 Å². The molecule has 5 heteroatoms. The fourth-order valence-electron chi connectivity index (χ4n) is 1.83. The standard InChI is InChI=1S/C14H26O4S/c1-2-3-4-5-6-7-8-9-10-11-12-13-14-18-19(15,16)17/h2-12H2,1H3,(H,15,16,17). The molecular weight excluding hydrogens is 264 g/mol. The lowest BCUT2D eigenvalue weighted by Gasteiger charge is -2.00. The molecule has 0 aliphatic heterocycles. The highest BCUT2D eigenvalue weighted by Crippen LogP contribution is 2.10. The Bertz CT molecular complexity index is 351. The molecule has 0 saturated heterocycles. The van der Waals surface area contributed by atoms with Crippen molar-refractivity contribution in [3.8, 4) is 12.0 Å². The summed E-state index contributed by atoms with van der Waals surface area (Å²) in [6, 6.07) is 0. The molecule has 0 aromatic rings. The van der Waals surface area contributed by atoms with E-state index < -0.39 is 10.4 Å². The maximum atomic E-state index is 10.2. The van der Waals surface area contributed by atoms with Gasteiger partial charge in [-0.05, 0) is 6.42 Å². The minimum Gasteiger partial charge on any atom is -0.307 e. The Hall–Kier alpha value is -0.730. The zero-order valence-electron chi connectivity index (χ0n) is 11.9. The summed E-state index contributed by atoms with van der Waals surface area (Å²) in [6.45, 7) is 2.23. The number of rotatable bonds is 11. The van der Waals surface area contributed by atoms with Crippen LogP contribution in [0.25, 0.3) is 0 Å². The molecular formula is C14H26O4S. The number of hydrogen-bond acceptors (Lipinski definition) is 3. The van der Waals surface area contributed by atoms with Crippen molar-refractivity contribution in [2.24, 2.45) is 0 Å². The second-order valence-electron chi connectivity index (χ2n) is 4.72. The van der Waals surface area contributed by atoms with Crippen LogP contribution in [0.4, 0.5) is 0 Å². The van der Waals surface area contributed by atoms with Crippen LogP contribution in [0, 0.1) is 12.0 Å². The third kappa shape index (κ3) is 17.3. The minimum absolute atomic E-state index is 0.603. The van der Waals surface area contributed by atoms with Gasteiger partial charge < -0.3 is 4.18 Å². The van der Waals surface area contributed by atoms with Gasteiger partial charge in [-0.2, -0.15) is 8.42 Å². The van der Waals surface area contributed by atoms with Crippen molar-refractivity contribution in [1.82, 2.24) is 0 Å². The maximum absolute atomic E-state index is 10.2. The summed E-state index contributed by atoms with van der Waals surface area (Å²) < 4.78 is 32.5. The van der Waals surface area contributed by atoms with Gasteiger partial charge in [0.15, 0.2) is 0 Å². The summed E-state index contributed by atoms with van der Waals surface area (Å²) in [5.74, 6) is 2.56. The zero-order chi connectivity index (χ0) is 14.4. The van der Waals surface area contributed by atoms with E-state index in [0.717, 1.165) is 12.8 Å². The van der Waals surface area contributed by atoms with Gasteiger partial charge in [-0.15, -0.1) is 0 Å². The predicted molar refractivity (Wildman–Crippen MR) is 76.9 cm³/mol. The van der Waals surface area contributed by atoms with E-state index in [2.05, 4.69) is 17.0 Å². The van der Waals surface area contributed by atoms with Gasteiger partial charge in [0.2, 0.25) is 0 Å². The van der Waals surface area contributed by atoms with E-state index in [9.17, 15) is 8.42 Å². The molecule has 0 rings (SSSR count). The SMILES string of the molecule is CCCCCCCCCCCCC#COS(=O)(=O)O. The molecule has 0 aliphatic rings. The number of unbranched alkanes of at least 4 members (excludes halogenated alkanes) is 10. The van der Waals surface area contributed by atoms with Crippen molar-refractivity contribution < 1.29 is 17.2 Å². The van der Waals surface area contributed by atoms with E-state index in [1.54, 1.807) is 0 Å². The van der Waals surface area contributed by atoms with Gasteiger partial charge in [0, 0.05) is 6.42 Å². The first kappa shape index (κ1) is 18.3. The molecule has 0 unspecified atom stereocenters. The second-order valence-corrected chi connectivity index (χ2v) is 5.74. The Morgan fingerprint density at radius 2 is 1.37 bits per heavy atom. The second kappa shape index (κ2) is 12.3. The lowest BCUT2D eigenvalue weighted by Crippen LogP contribution is -1.97. The fraction of sp³-hybridized carbons (Fsp3) is 0.857. The van der Waals surface area contributed by atoms with Crippen molar-refractivity contribution in [2.75, 3.05) is 0 Å². The third-order valence-electron chi connectivity index (χ3n) is 2.87. The van der Waals surface area contributed by atoms with Crippen LogP contribution in [-0.4, -0.2) is 13.0 Å². The van der Waals surface area contributed by atoms with Gasteiger partial charge in [0.05, 0.1) is 0 Å². The van der Waals surface area contributed by atoms with Crippen LogP contribution < -0.4 is 0 Å². The Balaban J connectivity index is 3.19. The minimum atomic E-state index is -4.41. The topological polar surface area (TPSA) is 63.6 Å². The lowest BCUT2D eigenvalue weighted by molar-refractivity contribution is 0.370. The molecule has 0 fully saturated rings. The lowest BCUT2D eigenvalue weighted by atomic mass is 10.1. The Morgan fingerprint density at radius 1 is 0.895 bits per heavy atom. The van der Waals surface area contributed by atoms with E-state index in [4.69, 9.17) is 4.55 Å². The highest BCUT2D eigenvalue weighted by molar-refractivity contribution is 7.81. The summed E-state index contributed by atoms with van der Waals surface area (Å²) >= 11 is 0. The van der Waals surface area contributed by atoms with Gasteiger partial charge >= 0.3 is 10.4 Å². The van der Waals surface area contributed by atoms with Crippen LogP contribution in [0.15, 0.2) is 0 Å². The molecule has 19 heavy (non-hydrogen) atoms. The Kier molecular flexibility index (Phi) is 11.8.